The molecule has 21 heavy (non-hydrogen) atoms. The Bertz CT molecular complexity index is 467. The molecule has 1 fully saturated rings. The normalized spacial score (nSPS) is 25.0. The molecule has 1 aromatic rings. The summed E-state index contributed by atoms with van der Waals surface area (Å²) in [6, 6.07) is 9.39. The van der Waals surface area contributed by atoms with Crippen molar-refractivity contribution in [2.24, 2.45) is 0 Å². The molecule has 0 aromatic heterocycles. The second-order valence-corrected chi connectivity index (χ2v) is 8.40. The zero-order valence-corrected chi connectivity index (χ0v) is 15.0. The molecule has 1 N–H and O–H groups in total. The minimum absolute atomic E-state index is 0.0132. The maximum absolute atomic E-state index is 6.18. The van der Waals surface area contributed by atoms with Gasteiger partial charge in [-0.1, -0.05) is 19.1 Å². The Morgan fingerprint density at radius 2 is 1.86 bits per heavy atom. The Morgan fingerprint density at radius 1 is 1.24 bits per heavy atom. The minimum Gasteiger partial charge on any atom is -0.368 e. The smallest absolute Gasteiger partial charge is 0.0756 e. The quantitative estimate of drug-likeness (QED) is 0.844. The van der Waals surface area contributed by atoms with Crippen LogP contribution in [0.25, 0.3) is 0 Å². The molecular formula is C18H29NOS. The average Bonchev–Trinajstić information content (AvgIpc) is 2.58. The molecule has 1 aliphatic heterocycles. The first-order valence-corrected chi connectivity index (χ1v) is 8.81. The van der Waals surface area contributed by atoms with Crippen molar-refractivity contribution in [3.8, 4) is 0 Å². The molecule has 0 spiro atoms. The van der Waals surface area contributed by atoms with Gasteiger partial charge in [-0.3, -0.25) is 0 Å². The van der Waals surface area contributed by atoms with Crippen LogP contribution in [0.1, 0.15) is 59.6 Å². The Balaban J connectivity index is 2.04. The van der Waals surface area contributed by atoms with Gasteiger partial charge >= 0.3 is 0 Å². The molecule has 2 rings (SSSR count). The summed E-state index contributed by atoms with van der Waals surface area (Å²) >= 11 is 1.95. The summed E-state index contributed by atoms with van der Waals surface area (Å²) in [5.41, 5.74) is 1.27. The maximum atomic E-state index is 6.18. The molecule has 0 amide bonds. The summed E-state index contributed by atoms with van der Waals surface area (Å²) in [4.78, 5) is 1.34. The number of ether oxygens (including phenoxy) is 1. The number of thioether (sulfide) groups is 1. The van der Waals surface area contributed by atoms with E-state index in [2.05, 4.69) is 71.1 Å². The molecule has 0 saturated carbocycles. The molecule has 118 valence electrons. The summed E-state index contributed by atoms with van der Waals surface area (Å²) in [6.07, 6.45) is 1.10. The van der Waals surface area contributed by atoms with Crippen molar-refractivity contribution in [2.45, 2.75) is 75.4 Å². The van der Waals surface area contributed by atoms with Crippen LogP contribution < -0.4 is 5.32 Å². The lowest BCUT2D eigenvalue weighted by molar-refractivity contribution is -0.0631. The highest BCUT2D eigenvalue weighted by atomic mass is 32.2. The third-order valence-corrected chi connectivity index (χ3v) is 5.72. The molecule has 2 atom stereocenters. The highest BCUT2D eigenvalue weighted by Gasteiger charge is 2.46. The summed E-state index contributed by atoms with van der Waals surface area (Å²) in [7, 11) is 0. The number of hydrogen-bond donors (Lipinski definition) is 1. The third-order valence-electron chi connectivity index (χ3n) is 4.16. The highest BCUT2D eigenvalue weighted by Crippen LogP contribution is 2.46. The van der Waals surface area contributed by atoms with E-state index in [1.807, 2.05) is 11.8 Å². The molecule has 1 aliphatic rings. The Kier molecular flexibility index (Phi) is 5.07. The van der Waals surface area contributed by atoms with Gasteiger partial charge in [0, 0.05) is 16.2 Å². The zero-order chi connectivity index (χ0) is 15.7. The van der Waals surface area contributed by atoms with Crippen LogP contribution in [-0.2, 0) is 4.74 Å². The van der Waals surface area contributed by atoms with Gasteiger partial charge in [0.15, 0.2) is 0 Å². The van der Waals surface area contributed by atoms with E-state index in [0.717, 1.165) is 13.0 Å². The lowest BCUT2D eigenvalue weighted by Gasteiger charge is -2.27. The SMILES string of the molecule is CCNC(C)c1ccc(SC2CC(C)(C)OC2(C)C)cc1. The fourth-order valence-electron chi connectivity index (χ4n) is 3.12. The fourth-order valence-corrected chi connectivity index (χ4v) is 4.56. The van der Waals surface area contributed by atoms with Gasteiger partial charge in [-0.25, -0.2) is 0 Å². The number of benzene rings is 1. The Morgan fingerprint density at radius 3 is 2.33 bits per heavy atom. The van der Waals surface area contributed by atoms with Crippen LogP contribution in [-0.4, -0.2) is 23.0 Å². The zero-order valence-electron chi connectivity index (χ0n) is 14.2. The lowest BCUT2D eigenvalue weighted by atomic mass is 10.0. The molecule has 0 radical (unpaired) electrons. The number of nitrogens with one attached hydrogen (secondary N) is 1. The van der Waals surface area contributed by atoms with Gasteiger partial charge in [0.2, 0.25) is 0 Å². The van der Waals surface area contributed by atoms with E-state index in [4.69, 9.17) is 4.74 Å². The predicted molar refractivity (Wildman–Crippen MR) is 92.0 cm³/mol. The molecule has 1 heterocycles. The topological polar surface area (TPSA) is 21.3 Å². The molecule has 2 unspecified atom stereocenters. The van der Waals surface area contributed by atoms with Crippen LogP contribution in [0, 0.1) is 0 Å². The van der Waals surface area contributed by atoms with Crippen molar-refractivity contribution in [3.05, 3.63) is 29.8 Å². The van der Waals surface area contributed by atoms with Crippen LogP contribution in [0.4, 0.5) is 0 Å². The molecule has 2 nitrogen and oxygen atoms in total. The van der Waals surface area contributed by atoms with Gasteiger partial charge in [0.1, 0.15) is 0 Å². The summed E-state index contributed by atoms with van der Waals surface area (Å²) < 4.78 is 6.18. The van der Waals surface area contributed by atoms with Gasteiger partial charge in [0.05, 0.1) is 11.2 Å². The molecule has 3 heteroatoms. The van der Waals surface area contributed by atoms with E-state index in [1.54, 1.807) is 0 Å². The van der Waals surface area contributed by atoms with Crippen molar-refractivity contribution >= 4 is 11.8 Å². The molecule has 1 aromatic carbocycles. The monoisotopic (exact) mass is 307 g/mol. The largest absolute Gasteiger partial charge is 0.368 e. The van der Waals surface area contributed by atoms with E-state index < -0.39 is 0 Å². The van der Waals surface area contributed by atoms with Crippen LogP contribution in [0.15, 0.2) is 29.2 Å². The second-order valence-electron chi connectivity index (χ2n) is 7.12. The van der Waals surface area contributed by atoms with Crippen molar-refractivity contribution in [3.63, 3.8) is 0 Å². The summed E-state index contributed by atoms with van der Waals surface area (Å²) in [6.45, 7) is 14.2. The Hall–Kier alpha value is -0.510. The van der Waals surface area contributed by atoms with Crippen LogP contribution in [0.3, 0.4) is 0 Å². The standard InChI is InChI=1S/C18H29NOS/c1-7-19-13(2)14-8-10-15(11-9-14)21-16-12-17(3,4)20-18(16,5)6/h8-11,13,16,19H,7,12H2,1-6H3. The minimum atomic E-state index is -0.0656. The van der Waals surface area contributed by atoms with E-state index in [0.29, 0.717) is 11.3 Å². The summed E-state index contributed by atoms with van der Waals surface area (Å²) in [5, 5.41) is 3.96. The molecule has 1 saturated heterocycles. The average molecular weight is 308 g/mol. The first-order chi connectivity index (χ1) is 9.73. The van der Waals surface area contributed by atoms with E-state index >= 15 is 0 Å². The van der Waals surface area contributed by atoms with Crippen molar-refractivity contribution in [1.29, 1.82) is 0 Å². The fraction of sp³-hybridized carbons (Fsp3) is 0.667. The molecule has 0 bridgehead atoms. The highest BCUT2D eigenvalue weighted by molar-refractivity contribution is 8.00. The van der Waals surface area contributed by atoms with Crippen LogP contribution >= 0.6 is 11.8 Å². The second kappa shape index (κ2) is 6.31. The third kappa shape index (κ3) is 4.24. The van der Waals surface area contributed by atoms with E-state index in [1.165, 1.54) is 10.5 Å². The number of hydrogen-bond acceptors (Lipinski definition) is 3. The first kappa shape index (κ1) is 16.9. The number of rotatable bonds is 5. The van der Waals surface area contributed by atoms with Crippen LogP contribution in [0.2, 0.25) is 0 Å². The predicted octanol–water partition coefficient (Wildman–Crippen LogP) is 4.80. The lowest BCUT2D eigenvalue weighted by Crippen LogP contribution is -2.30. The van der Waals surface area contributed by atoms with Crippen molar-refractivity contribution in [1.82, 2.24) is 5.32 Å². The Labute approximate surface area is 134 Å². The maximum Gasteiger partial charge on any atom is 0.0756 e. The van der Waals surface area contributed by atoms with Gasteiger partial charge in [-0.15, -0.1) is 11.8 Å². The first-order valence-electron chi connectivity index (χ1n) is 7.94. The molecular weight excluding hydrogens is 278 g/mol. The van der Waals surface area contributed by atoms with Gasteiger partial charge in [-0.2, -0.15) is 0 Å². The van der Waals surface area contributed by atoms with Crippen LogP contribution in [0.5, 0.6) is 0 Å². The van der Waals surface area contributed by atoms with Gasteiger partial charge in [0.25, 0.3) is 0 Å². The molecule has 0 aliphatic carbocycles. The van der Waals surface area contributed by atoms with Crippen molar-refractivity contribution < 1.29 is 4.74 Å². The van der Waals surface area contributed by atoms with Crippen molar-refractivity contribution in [2.75, 3.05) is 6.54 Å². The summed E-state index contributed by atoms with van der Waals surface area (Å²) in [5.74, 6) is 0. The van der Waals surface area contributed by atoms with E-state index in [9.17, 15) is 0 Å². The van der Waals surface area contributed by atoms with Gasteiger partial charge in [-0.05, 0) is 65.3 Å². The van der Waals surface area contributed by atoms with E-state index in [-0.39, 0.29) is 11.2 Å². The van der Waals surface area contributed by atoms with Gasteiger partial charge < -0.3 is 10.1 Å².